The van der Waals surface area contributed by atoms with E-state index in [-0.39, 0.29) is 5.82 Å². The van der Waals surface area contributed by atoms with Crippen molar-refractivity contribution >= 4 is 11.5 Å². The van der Waals surface area contributed by atoms with Crippen LogP contribution < -0.4 is 10.1 Å². The van der Waals surface area contributed by atoms with Gasteiger partial charge in [-0.25, -0.2) is 4.98 Å². The van der Waals surface area contributed by atoms with Gasteiger partial charge in [0, 0.05) is 6.54 Å². The maximum Gasteiger partial charge on any atom is 0.392 e. The number of ether oxygens (including phenoxy) is 1. The molecule has 0 atom stereocenters. The third-order valence-electron chi connectivity index (χ3n) is 2.14. The maximum absolute atomic E-state index is 12.0. The van der Waals surface area contributed by atoms with Crippen LogP contribution in [0.5, 0.6) is 5.88 Å². The zero-order valence-electron chi connectivity index (χ0n) is 10.6. The molecule has 1 rings (SSSR count). The van der Waals surface area contributed by atoms with E-state index in [0.29, 0.717) is 13.0 Å². The molecule has 0 saturated heterocycles. The first-order valence-electron chi connectivity index (χ1n) is 5.78. The molecule has 1 heterocycles. The van der Waals surface area contributed by atoms with Gasteiger partial charge in [-0.15, -0.1) is 0 Å². The van der Waals surface area contributed by atoms with E-state index in [1.54, 1.807) is 0 Å². The Morgan fingerprint density at radius 2 is 2.15 bits per heavy atom. The van der Waals surface area contributed by atoms with Crippen molar-refractivity contribution in [3.05, 3.63) is 16.4 Å². The molecule has 0 unspecified atom stereocenters. The van der Waals surface area contributed by atoms with E-state index in [1.807, 2.05) is 6.92 Å². The topological polar surface area (TPSA) is 90.2 Å². The van der Waals surface area contributed by atoms with Crippen LogP contribution in [0.4, 0.5) is 24.7 Å². The second-order valence-electron chi connectivity index (χ2n) is 3.77. The molecule has 0 saturated carbocycles. The lowest BCUT2D eigenvalue weighted by Gasteiger charge is -2.10. The van der Waals surface area contributed by atoms with Crippen LogP contribution in [0.3, 0.4) is 0 Å². The minimum atomic E-state index is -4.40. The van der Waals surface area contributed by atoms with Crippen molar-refractivity contribution in [1.29, 1.82) is 0 Å². The Labute approximate surface area is 112 Å². The summed E-state index contributed by atoms with van der Waals surface area (Å²) in [5.74, 6) is -0.554. The molecule has 1 aromatic rings. The van der Waals surface area contributed by atoms with E-state index < -0.39 is 35.7 Å². The summed E-state index contributed by atoms with van der Waals surface area (Å²) in [7, 11) is 0. The molecular formula is C10H13F3N4O3. The summed E-state index contributed by atoms with van der Waals surface area (Å²) < 4.78 is 40.8. The summed E-state index contributed by atoms with van der Waals surface area (Å²) in [4.78, 5) is 17.4. The van der Waals surface area contributed by atoms with E-state index in [2.05, 4.69) is 15.3 Å². The Kier molecular flexibility index (Phi) is 5.47. The van der Waals surface area contributed by atoms with Crippen molar-refractivity contribution < 1.29 is 22.8 Å². The molecule has 0 aliphatic heterocycles. The SMILES string of the molecule is CCCNc1ncnc(OCCC(F)(F)F)c1[N+](=O)[O-]. The number of anilines is 1. The van der Waals surface area contributed by atoms with E-state index in [9.17, 15) is 23.3 Å². The number of nitrogens with zero attached hydrogens (tertiary/aromatic N) is 3. The molecule has 1 aromatic heterocycles. The van der Waals surface area contributed by atoms with Crippen LogP contribution in [-0.2, 0) is 0 Å². The quantitative estimate of drug-likeness (QED) is 0.614. The van der Waals surface area contributed by atoms with Gasteiger partial charge < -0.3 is 10.1 Å². The number of nitro groups is 1. The Hall–Kier alpha value is -2.13. The summed E-state index contributed by atoms with van der Waals surface area (Å²) in [6, 6.07) is 0. The van der Waals surface area contributed by atoms with Gasteiger partial charge in [0.1, 0.15) is 6.33 Å². The summed E-state index contributed by atoms with van der Waals surface area (Å²) >= 11 is 0. The number of hydrogen-bond acceptors (Lipinski definition) is 6. The minimum Gasteiger partial charge on any atom is -0.472 e. The monoisotopic (exact) mass is 294 g/mol. The fraction of sp³-hybridized carbons (Fsp3) is 0.600. The van der Waals surface area contributed by atoms with Crippen molar-refractivity contribution in [2.24, 2.45) is 0 Å². The molecule has 1 N–H and O–H groups in total. The van der Waals surface area contributed by atoms with Crippen LogP contribution in [0.2, 0.25) is 0 Å². The molecule has 0 radical (unpaired) electrons. The fourth-order valence-electron chi connectivity index (χ4n) is 1.27. The Morgan fingerprint density at radius 3 is 2.70 bits per heavy atom. The molecule has 0 bridgehead atoms. The number of rotatable bonds is 7. The minimum absolute atomic E-state index is 0.0751. The highest BCUT2D eigenvalue weighted by atomic mass is 19.4. The highest BCUT2D eigenvalue weighted by Gasteiger charge is 2.29. The number of nitrogens with one attached hydrogen (secondary N) is 1. The van der Waals surface area contributed by atoms with Crippen LogP contribution in [-0.4, -0.2) is 34.2 Å². The van der Waals surface area contributed by atoms with Crippen molar-refractivity contribution in [3.8, 4) is 5.88 Å². The molecule has 112 valence electrons. The first-order chi connectivity index (χ1) is 9.35. The third-order valence-corrected chi connectivity index (χ3v) is 2.14. The van der Waals surface area contributed by atoms with Crippen molar-refractivity contribution in [3.63, 3.8) is 0 Å². The molecule has 0 fully saturated rings. The molecule has 0 aliphatic carbocycles. The van der Waals surface area contributed by atoms with Gasteiger partial charge in [0.25, 0.3) is 5.88 Å². The lowest BCUT2D eigenvalue weighted by atomic mass is 10.4. The smallest absolute Gasteiger partial charge is 0.392 e. The van der Waals surface area contributed by atoms with Crippen LogP contribution in [0.15, 0.2) is 6.33 Å². The Morgan fingerprint density at radius 1 is 1.45 bits per heavy atom. The zero-order chi connectivity index (χ0) is 15.2. The summed E-state index contributed by atoms with van der Waals surface area (Å²) in [6.07, 6.45) is -3.92. The maximum atomic E-state index is 12.0. The zero-order valence-corrected chi connectivity index (χ0v) is 10.6. The molecule has 0 spiro atoms. The van der Waals surface area contributed by atoms with E-state index in [4.69, 9.17) is 4.74 Å². The number of hydrogen-bond donors (Lipinski definition) is 1. The first-order valence-corrected chi connectivity index (χ1v) is 5.78. The lowest BCUT2D eigenvalue weighted by Crippen LogP contribution is -2.14. The molecule has 7 nitrogen and oxygen atoms in total. The second kappa shape index (κ2) is 6.87. The van der Waals surface area contributed by atoms with Gasteiger partial charge in [0.05, 0.1) is 18.0 Å². The highest BCUT2D eigenvalue weighted by molar-refractivity contribution is 5.61. The molecule has 0 aliphatic rings. The normalized spacial score (nSPS) is 11.2. The number of aromatic nitrogens is 2. The predicted molar refractivity (Wildman–Crippen MR) is 63.6 cm³/mol. The van der Waals surface area contributed by atoms with Gasteiger partial charge in [0.2, 0.25) is 5.82 Å². The van der Waals surface area contributed by atoms with Gasteiger partial charge in [-0.05, 0) is 6.42 Å². The average Bonchev–Trinajstić information content (AvgIpc) is 2.34. The molecule has 10 heteroatoms. The molecular weight excluding hydrogens is 281 g/mol. The number of halogens is 3. The van der Waals surface area contributed by atoms with E-state index in [0.717, 1.165) is 6.33 Å². The molecule has 20 heavy (non-hydrogen) atoms. The van der Waals surface area contributed by atoms with Crippen LogP contribution in [0, 0.1) is 10.1 Å². The number of alkyl halides is 3. The Bertz CT molecular complexity index is 468. The highest BCUT2D eigenvalue weighted by Crippen LogP contribution is 2.31. The van der Waals surface area contributed by atoms with Crippen LogP contribution >= 0.6 is 0 Å². The summed E-state index contributed by atoms with van der Waals surface area (Å²) in [6.45, 7) is 1.54. The van der Waals surface area contributed by atoms with Gasteiger partial charge in [0.15, 0.2) is 0 Å². The van der Waals surface area contributed by atoms with Crippen molar-refractivity contribution in [2.75, 3.05) is 18.5 Å². The van der Waals surface area contributed by atoms with Crippen LogP contribution in [0.1, 0.15) is 19.8 Å². The first kappa shape index (κ1) is 15.9. The molecule has 0 aromatic carbocycles. The Balaban J connectivity index is 2.86. The molecule has 0 amide bonds. The lowest BCUT2D eigenvalue weighted by molar-refractivity contribution is -0.385. The average molecular weight is 294 g/mol. The van der Waals surface area contributed by atoms with Gasteiger partial charge in [-0.1, -0.05) is 6.92 Å². The van der Waals surface area contributed by atoms with Gasteiger partial charge in [-0.3, -0.25) is 10.1 Å². The van der Waals surface area contributed by atoms with Gasteiger partial charge >= 0.3 is 11.9 Å². The second-order valence-corrected chi connectivity index (χ2v) is 3.77. The van der Waals surface area contributed by atoms with E-state index in [1.165, 1.54) is 0 Å². The van der Waals surface area contributed by atoms with Crippen molar-refractivity contribution in [2.45, 2.75) is 25.9 Å². The fourth-order valence-corrected chi connectivity index (χ4v) is 1.27. The van der Waals surface area contributed by atoms with E-state index >= 15 is 0 Å². The summed E-state index contributed by atoms with van der Waals surface area (Å²) in [5.41, 5.74) is -0.567. The summed E-state index contributed by atoms with van der Waals surface area (Å²) in [5, 5.41) is 13.6. The van der Waals surface area contributed by atoms with Crippen LogP contribution in [0.25, 0.3) is 0 Å². The standard InChI is InChI=1S/C10H13F3N4O3/c1-2-4-14-8-7(17(18)19)9(16-6-15-8)20-5-3-10(11,12)13/h6H,2-5H2,1H3,(H,14,15,16). The largest absolute Gasteiger partial charge is 0.472 e. The van der Waals surface area contributed by atoms with Gasteiger partial charge in [-0.2, -0.15) is 18.2 Å². The predicted octanol–water partition coefficient (Wildman–Crippen LogP) is 2.54. The van der Waals surface area contributed by atoms with Crippen molar-refractivity contribution in [1.82, 2.24) is 9.97 Å². The third kappa shape index (κ3) is 4.86.